The summed E-state index contributed by atoms with van der Waals surface area (Å²) in [5.74, 6) is 0.128. The van der Waals surface area contributed by atoms with Gasteiger partial charge in [0.05, 0.1) is 12.7 Å². The van der Waals surface area contributed by atoms with Crippen LogP contribution >= 0.6 is 0 Å². The Morgan fingerprint density at radius 2 is 1.96 bits per heavy atom. The van der Waals surface area contributed by atoms with Crippen LogP contribution in [0.15, 0.2) is 48.5 Å². The Balaban J connectivity index is 1.38. The first kappa shape index (κ1) is 16.3. The number of nitrogens with zero attached hydrogens (tertiary/aromatic N) is 1. The zero-order valence-electron chi connectivity index (χ0n) is 14.4. The molecule has 2 heterocycles. The van der Waals surface area contributed by atoms with Crippen LogP contribution in [0.25, 0.3) is 0 Å². The first-order valence-electron chi connectivity index (χ1n) is 9.07. The smallest absolute Gasteiger partial charge is 0.254 e. The predicted molar refractivity (Wildman–Crippen MR) is 97.4 cm³/mol. The minimum absolute atomic E-state index is 0.119. The Hall–Kier alpha value is -2.17. The Kier molecular flexibility index (Phi) is 4.81. The van der Waals surface area contributed by atoms with Gasteiger partial charge in [0.25, 0.3) is 5.91 Å². The molecular weight excluding hydrogens is 312 g/mol. The van der Waals surface area contributed by atoms with E-state index in [-0.39, 0.29) is 12.0 Å². The van der Waals surface area contributed by atoms with Gasteiger partial charge in [0.15, 0.2) is 0 Å². The summed E-state index contributed by atoms with van der Waals surface area (Å²) >= 11 is 0. The first-order valence-corrected chi connectivity index (χ1v) is 9.07. The number of aryl methyl sites for hydroxylation is 1. The van der Waals surface area contributed by atoms with Gasteiger partial charge in [0, 0.05) is 31.7 Å². The third kappa shape index (κ3) is 3.75. The number of amides is 1. The molecule has 0 aromatic heterocycles. The van der Waals surface area contributed by atoms with E-state index in [0.717, 1.165) is 31.5 Å². The van der Waals surface area contributed by atoms with Crippen LogP contribution in [0.5, 0.6) is 0 Å². The molecule has 2 aliphatic heterocycles. The minimum atomic E-state index is 0.119. The average Bonchev–Trinajstić information content (AvgIpc) is 3.14. The molecule has 4 rings (SSSR count). The van der Waals surface area contributed by atoms with Gasteiger partial charge >= 0.3 is 0 Å². The maximum atomic E-state index is 12.9. The number of carbonyl (C=O) groups is 1. The van der Waals surface area contributed by atoms with E-state index in [0.29, 0.717) is 19.7 Å². The van der Waals surface area contributed by atoms with E-state index in [1.165, 1.54) is 16.7 Å². The number of rotatable bonds is 4. The maximum absolute atomic E-state index is 12.9. The Labute approximate surface area is 148 Å². The number of hydrogen-bond donors (Lipinski definition) is 1. The van der Waals surface area contributed by atoms with Crippen LogP contribution in [0.3, 0.4) is 0 Å². The van der Waals surface area contributed by atoms with Crippen LogP contribution in [0.4, 0.5) is 0 Å². The highest BCUT2D eigenvalue weighted by Crippen LogP contribution is 2.20. The molecule has 0 radical (unpaired) electrons. The highest BCUT2D eigenvalue weighted by Gasteiger charge is 2.25. The summed E-state index contributed by atoms with van der Waals surface area (Å²) in [5.41, 5.74) is 4.67. The van der Waals surface area contributed by atoms with Gasteiger partial charge in [-0.1, -0.05) is 36.4 Å². The molecule has 0 saturated carbocycles. The highest BCUT2D eigenvalue weighted by atomic mass is 16.5. The SMILES string of the molecule is O=C(c1ccc2c(c1)CNC2)N1CCOC(CCc2ccccc2)C1. The van der Waals surface area contributed by atoms with Crippen molar-refractivity contribution in [2.45, 2.75) is 32.0 Å². The predicted octanol–water partition coefficient (Wildman–Crippen LogP) is 2.76. The van der Waals surface area contributed by atoms with Crippen LogP contribution in [-0.4, -0.2) is 36.6 Å². The van der Waals surface area contributed by atoms with Crippen LogP contribution in [0, 0.1) is 0 Å². The van der Waals surface area contributed by atoms with E-state index in [4.69, 9.17) is 4.74 Å². The molecule has 0 spiro atoms. The van der Waals surface area contributed by atoms with Gasteiger partial charge in [0.1, 0.15) is 0 Å². The Bertz CT molecular complexity index is 745. The number of nitrogens with one attached hydrogen (secondary N) is 1. The van der Waals surface area contributed by atoms with E-state index in [1.807, 2.05) is 23.1 Å². The van der Waals surface area contributed by atoms with Crippen molar-refractivity contribution in [2.24, 2.45) is 0 Å². The highest BCUT2D eigenvalue weighted by molar-refractivity contribution is 5.94. The fourth-order valence-electron chi connectivity index (χ4n) is 3.66. The van der Waals surface area contributed by atoms with Gasteiger partial charge < -0.3 is 15.0 Å². The second kappa shape index (κ2) is 7.38. The van der Waals surface area contributed by atoms with Crippen molar-refractivity contribution in [1.29, 1.82) is 0 Å². The van der Waals surface area contributed by atoms with Crippen LogP contribution in [0.1, 0.15) is 33.5 Å². The molecule has 2 aromatic carbocycles. The Morgan fingerprint density at radius 3 is 2.84 bits per heavy atom. The second-order valence-electron chi connectivity index (χ2n) is 6.86. The van der Waals surface area contributed by atoms with Gasteiger partial charge in [-0.25, -0.2) is 0 Å². The molecule has 1 saturated heterocycles. The van der Waals surface area contributed by atoms with Crippen molar-refractivity contribution in [1.82, 2.24) is 10.2 Å². The molecule has 1 amide bonds. The van der Waals surface area contributed by atoms with Gasteiger partial charge in [-0.15, -0.1) is 0 Å². The van der Waals surface area contributed by atoms with Gasteiger partial charge in [-0.3, -0.25) is 4.79 Å². The topological polar surface area (TPSA) is 41.6 Å². The molecule has 2 aliphatic rings. The minimum Gasteiger partial charge on any atom is -0.375 e. The van der Waals surface area contributed by atoms with Crippen molar-refractivity contribution < 1.29 is 9.53 Å². The number of fused-ring (bicyclic) bond motifs is 1. The zero-order chi connectivity index (χ0) is 17.1. The number of carbonyl (C=O) groups excluding carboxylic acids is 1. The number of morpholine rings is 1. The third-order valence-corrected chi connectivity index (χ3v) is 5.11. The molecule has 2 aromatic rings. The molecular formula is C21H24N2O2. The molecule has 4 nitrogen and oxygen atoms in total. The van der Waals surface area contributed by atoms with Crippen LogP contribution in [-0.2, 0) is 24.2 Å². The summed E-state index contributed by atoms with van der Waals surface area (Å²) in [4.78, 5) is 14.8. The fourth-order valence-corrected chi connectivity index (χ4v) is 3.66. The molecule has 130 valence electrons. The maximum Gasteiger partial charge on any atom is 0.254 e. The summed E-state index contributed by atoms with van der Waals surface area (Å²) in [6.07, 6.45) is 2.05. The lowest BCUT2D eigenvalue weighted by Crippen LogP contribution is -2.45. The lowest BCUT2D eigenvalue weighted by molar-refractivity contribution is -0.0246. The molecule has 1 atom stereocenters. The molecule has 0 aliphatic carbocycles. The fraction of sp³-hybridized carbons (Fsp3) is 0.381. The quantitative estimate of drug-likeness (QED) is 0.933. The van der Waals surface area contributed by atoms with Gasteiger partial charge in [-0.05, 0) is 41.7 Å². The summed E-state index contributed by atoms with van der Waals surface area (Å²) in [6, 6.07) is 16.5. The average molecular weight is 336 g/mol. The van der Waals surface area contributed by atoms with Crippen LogP contribution < -0.4 is 5.32 Å². The lowest BCUT2D eigenvalue weighted by atomic mass is 10.0. The lowest BCUT2D eigenvalue weighted by Gasteiger charge is -2.33. The van der Waals surface area contributed by atoms with E-state index < -0.39 is 0 Å². The van der Waals surface area contributed by atoms with Crippen molar-refractivity contribution in [3.8, 4) is 0 Å². The normalized spacial score (nSPS) is 19.7. The standard InChI is InChI=1S/C21H24N2O2/c24-21(17-7-8-18-13-22-14-19(18)12-17)23-10-11-25-20(15-23)9-6-16-4-2-1-3-5-16/h1-5,7-8,12,20,22H,6,9-11,13-15H2. The summed E-state index contributed by atoms with van der Waals surface area (Å²) in [5, 5.41) is 3.33. The summed E-state index contributed by atoms with van der Waals surface area (Å²) < 4.78 is 5.89. The summed E-state index contributed by atoms with van der Waals surface area (Å²) in [6.45, 7) is 3.75. The molecule has 1 unspecified atom stereocenters. The zero-order valence-corrected chi connectivity index (χ0v) is 14.4. The van der Waals surface area contributed by atoms with E-state index in [1.54, 1.807) is 0 Å². The Morgan fingerprint density at radius 1 is 1.12 bits per heavy atom. The van der Waals surface area contributed by atoms with Crippen LogP contribution in [0.2, 0.25) is 0 Å². The van der Waals surface area contributed by atoms with Gasteiger partial charge in [0.2, 0.25) is 0 Å². The number of hydrogen-bond acceptors (Lipinski definition) is 3. The van der Waals surface area contributed by atoms with E-state index >= 15 is 0 Å². The second-order valence-corrected chi connectivity index (χ2v) is 6.86. The number of benzene rings is 2. The van der Waals surface area contributed by atoms with Crippen molar-refractivity contribution in [3.05, 3.63) is 70.8 Å². The molecule has 0 bridgehead atoms. The molecule has 1 fully saturated rings. The largest absolute Gasteiger partial charge is 0.375 e. The van der Waals surface area contributed by atoms with Crippen molar-refractivity contribution in [3.63, 3.8) is 0 Å². The van der Waals surface area contributed by atoms with Gasteiger partial charge in [-0.2, -0.15) is 0 Å². The van der Waals surface area contributed by atoms with E-state index in [2.05, 4.69) is 35.6 Å². The molecule has 1 N–H and O–H groups in total. The molecule has 4 heteroatoms. The monoisotopic (exact) mass is 336 g/mol. The van der Waals surface area contributed by atoms with Crippen molar-refractivity contribution in [2.75, 3.05) is 19.7 Å². The number of ether oxygens (including phenoxy) is 1. The van der Waals surface area contributed by atoms with Crippen molar-refractivity contribution >= 4 is 5.91 Å². The third-order valence-electron chi connectivity index (χ3n) is 5.11. The molecule has 25 heavy (non-hydrogen) atoms. The van der Waals surface area contributed by atoms with E-state index in [9.17, 15) is 4.79 Å². The first-order chi connectivity index (χ1) is 12.3. The summed E-state index contributed by atoms with van der Waals surface area (Å²) in [7, 11) is 0.